The van der Waals surface area contributed by atoms with E-state index in [1.807, 2.05) is 0 Å². The Bertz CT molecular complexity index is 1410. The van der Waals surface area contributed by atoms with Gasteiger partial charge in [-0.3, -0.25) is 14.4 Å². The number of ether oxygens (including phenoxy) is 8. The van der Waals surface area contributed by atoms with Crippen LogP contribution in [0.4, 0.5) is 0 Å². The normalized spacial score (nSPS) is 10.8. The maximum absolute atomic E-state index is 12.8. The first-order valence-electron chi connectivity index (χ1n) is 17.7. The number of unbranched alkanes of at least 4 members (excludes halogenated alkanes) is 2. The van der Waals surface area contributed by atoms with Crippen molar-refractivity contribution in [3.05, 3.63) is 60.8 Å². The lowest BCUT2D eigenvalue weighted by molar-refractivity contribution is -0.170. The molecule has 0 aromatic rings. The van der Waals surface area contributed by atoms with Crippen molar-refractivity contribution in [2.45, 2.75) is 80.1 Å². The Morgan fingerprint density at radius 1 is 0.357 bits per heavy atom. The van der Waals surface area contributed by atoms with E-state index in [1.54, 1.807) is 6.92 Å². The molecule has 0 saturated heterocycles. The van der Waals surface area contributed by atoms with Crippen LogP contribution in [0.15, 0.2) is 60.8 Å². The second-order valence-electron chi connectivity index (χ2n) is 13.7. The molecule has 0 unspecified atom stereocenters. The molecule has 312 valence electrons. The number of rotatable bonds is 28. The van der Waals surface area contributed by atoms with Crippen LogP contribution in [0, 0.1) is 10.8 Å². The molecule has 0 atom stereocenters. The van der Waals surface area contributed by atoms with Gasteiger partial charge in [-0.25, -0.2) is 24.0 Å². The van der Waals surface area contributed by atoms with Gasteiger partial charge in [0.1, 0.15) is 63.7 Å². The van der Waals surface area contributed by atoms with Crippen molar-refractivity contribution in [3.8, 4) is 0 Å². The minimum Gasteiger partial charge on any atom is -0.465 e. The first-order valence-corrected chi connectivity index (χ1v) is 17.7. The van der Waals surface area contributed by atoms with Gasteiger partial charge in [0, 0.05) is 47.1 Å². The molecule has 0 spiro atoms. The van der Waals surface area contributed by atoms with E-state index in [2.05, 4.69) is 32.9 Å². The summed E-state index contributed by atoms with van der Waals surface area (Å²) in [6.07, 6.45) is 0.793. The second-order valence-corrected chi connectivity index (χ2v) is 13.7. The zero-order chi connectivity index (χ0) is 43.1. The molecule has 56 heavy (non-hydrogen) atoms. The third-order valence-electron chi connectivity index (χ3n) is 7.46. The molecule has 0 aliphatic heterocycles. The number of carbonyl (C=O) groups excluding carboxylic acids is 8. The maximum Gasteiger partial charge on any atom is 0.333 e. The molecule has 0 bridgehead atoms. The van der Waals surface area contributed by atoms with Crippen molar-refractivity contribution < 1.29 is 76.3 Å². The summed E-state index contributed by atoms with van der Waals surface area (Å²) in [7, 11) is 0. The Morgan fingerprint density at radius 2 is 0.571 bits per heavy atom. The van der Waals surface area contributed by atoms with E-state index in [0.717, 1.165) is 0 Å². The second kappa shape index (κ2) is 25.5. The zero-order valence-corrected chi connectivity index (χ0v) is 33.5. The number of esters is 8. The summed E-state index contributed by atoms with van der Waals surface area (Å²) in [5.41, 5.74) is -2.57. The van der Waals surface area contributed by atoms with Crippen LogP contribution in [-0.4, -0.2) is 101 Å². The van der Waals surface area contributed by atoms with Gasteiger partial charge >= 0.3 is 47.8 Å². The van der Waals surface area contributed by atoms with Gasteiger partial charge in [-0.05, 0) is 47.5 Å². The molecule has 0 radical (unpaired) electrons. The lowest BCUT2D eigenvalue weighted by Gasteiger charge is -2.31. The number of hydrogen-bond donors (Lipinski definition) is 0. The Labute approximate surface area is 328 Å². The van der Waals surface area contributed by atoms with Gasteiger partial charge in [0.15, 0.2) is 0 Å². The highest BCUT2D eigenvalue weighted by Crippen LogP contribution is 2.25. The fourth-order valence-electron chi connectivity index (χ4n) is 3.87. The van der Waals surface area contributed by atoms with Crippen molar-refractivity contribution in [3.63, 3.8) is 0 Å². The third kappa shape index (κ3) is 20.8. The van der Waals surface area contributed by atoms with Crippen LogP contribution in [0.2, 0.25) is 0 Å². The highest BCUT2D eigenvalue weighted by Gasteiger charge is 2.39. The topological polar surface area (TPSA) is 210 Å². The summed E-state index contributed by atoms with van der Waals surface area (Å²) < 4.78 is 42.6. The third-order valence-corrected chi connectivity index (χ3v) is 7.46. The van der Waals surface area contributed by atoms with E-state index in [1.165, 1.54) is 34.6 Å². The molecule has 0 rings (SSSR count). The molecule has 0 aliphatic rings. The maximum atomic E-state index is 12.8. The summed E-state index contributed by atoms with van der Waals surface area (Å²) in [6, 6.07) is 0. The van der Waals surface area contributed by atoms with Crippen LogP contribution in [0.3, 0.4) is 0 Å². The molecule has 0 fully saturated rings. The fourth-order valence-corrected chi connectivity index (χ4v) is 3.87. The zero-order valence-electron chi connectivity index (χ0n) is 33.5. The van der Waals surface area contributed by atoms with Gasteiger partial charge < -0.3 is 37.9 Å². The Balaban J connectivity index is 5.56. The summed E-state index contributed by atoms with van der Waals surface area (Å²) >= 11 is 0. The summed E-state index contributed by atoms with van der Waals surface area (Å²) in [4.78, 5) is 98.5. The molecular formula is C40H56O16. The van der Waals surface area contributed by atoms with Crippen LogP contribution in [0.5, 0.6) is 0 Å². The first-order chi connectivity index (χ1) is 26.1. The van der Waals surface area contributed by atoms with Crippen LogP contribution >= 0.6 is 0 Å². The Hall–Kier alpha value is -5.54. The Morgan fingerprint density at radius 3 is 0.786 bits per heavy atom. The number of hydrogen-bond acceptors (Lipinski definition) is 16. The van der Waals surface area contributed by atoms with Crippen LogP contribution in [0.1, 0.15) is 80.1 Å². The van der Waals surface area contributed by atoms with Crippen molar-refractivity contribution >= 4 is 47.8 Å². The van der Waals surface area contributed by atoms with Crippen molar-refractivity contribution in [2.75, 3.05) is 52.9 Å². The Kier molecular flexibility index (Phi) is 23.0. The molecule has 0 amide bonds. The molecule has 0 heterocycles. The van der Waals surface area contributed by atoms with Gasteiger partial charge in [0.25, 0.3) is 0 Å². The summed E-state index contributed by atoms with van der Waals surface area (Å²) in [5.74, 6) is -5.80. The predicted molar refractivity (Wildman–Crippen MR) is 200 cm³/mol. The van der Waals surface area contributed by atoms with Gasteiger partial charge in [0.2, 0.25) is 0 Å². The standard InChI is InChI=1S/C40H56O16/c1-12-31(41)49-18-39(21-52-34(44)26(2)3,22-53-35(45)27(4)5)19-50-32(42)16-14-13-15-17-33(43)51-20-40(23-54-36(46)28(6)7,24-55-37(47)29(8)9)25-56-38(48)30(10)11/h2,4,6,8,10,12-25H2,1,3,5,7,9,11H3. The monoisotopic (exact) mass is 792 g/mol. The van der Waals surface area contributed by atoms with Crippen molar-refractivity contribution in [2.24, 2.45) is 10.8 Å². The van der Waals surface area contributed by atoms with E-state index in [4.69, 9.17) is 37.9 Å². The minimum absolute atomic E-state index is 0.0298. The van der Waals surface area contributed by atoms with Crippen LogP contribution in [0.25, 0.3) is 0 Å². The highest BCUT2D eigenvalue weighted by atomic mass is 16.6. The molecule has 0 aromatic heterocycles. The van der Waals surface area contributed by atoms with Crippen molar-refractivity contribution in [1.82, 2.24) is 0 Å². The molecule has 16 heteroatoms. The lowest BCUT2D eigenvalue weighted by Crippen LogP contribution is -2.44. The van der Waals surface area contributed by atoms with E-state index < -0.39 is 111 Å². The largest absolute Gasteiger partial charge is 0.465 e. The lowest BCUT2D eigenvalue weighted by atomic mass is 9.92. The van der Waals surface area contributed by atoms with Gasteiger partial charge in [-0.1, -0.05) is 46.2 Å². The SMILES string of the molecule is C=C(C)C(=O)OCC(COC(=O)CC)(COC(=O)CCCCCC(=O)OCC(COC(=O)C(=C)C)(COC(=O)C(=C)C)COC(=O)C(=C)C)COC(=O)C(=C)C. The average molecular weight is 793 g/mol. The van der Waals surface area contributed by atoms with Crippen molar-refractivity contribution in [1.29, 1.82) is 0 Å². The number of carbonyl (C=O) groups is 8. The highest BCUT2D eigenvalue weighted by molar-refractivity contribution is 5.88. The van der Waals surface area contributed by atoms with E-state index in [-0.39, 0.29) is 60.0 Å². The summed E-state index contributed by atoms with van der Waals surface area (Å²) in [5, 5.41) is 0. The summed E-state index contributed by atoms with van der Waals surface area (Å²) in [6.45, 7) is 22.6. The van der Waals surface area contributed by atoms with Crippen LogP contribution < -0.4 is 0 Å². The molecule has 0 aromatic carbocycles. The van der Waals surface area contributed by atoms with Gasteiger partial charge in [0.05, 0.1) is 0 Å². The molecule has 16 nitrogen and oxygen atoms in total. The molecular weight excluding hydrogens is 736 g/mol. The van der Waals surface area contributed by atoms with E-state index in [9.17, 15) is 38.4 Å². The predicted octanol–water partition coefficient (Wildman–Crippen LogP) is 4.55. The van der Waals surface area contributed by atoms with Gasteiger partial charge in [-0.15, -0.1) is 0 Å². The van der Waals surface area contributed by atoms with E-state index in [0.29, 0.717) is 6.42 Å². The smallest absolute Gasteiger partial charge is 0.333 e. The molecule has 0 N–H and O–H groups in total. The minimum atomic E-state index is -1.50. The quantitative estimate of drug-likeness (QED) is 0.0461. The first kappa shape index (κ1) is 50.5. The average Bonchev–Trinajstić information content (AvgIpc) is 3.15. The molecule has 0 aliphatic carbocycles. The van der Waals surface area contributed by atoms with Crippen LogP contribution in [-0.2, 0) is 76.3 Å². The van der Waals surface area contributed by atoms with Gasteiger partial charge in [-0.2, -0.15) is 0 Å². The molecule has 0 saturated carbocycles. The fraction of sp³-hybridized carbons (Fsp3) is 0.550. The van der Waals surface area contributed by atoms with E-state index >= 15 is 0 Å².